The number of thioether (sulfide) groups is 1. The van der Waals surface area contributed by atoms with E-state index in [0.717, 1.165) is 50.5 Å². The fourth-order valence-electron chi connectivity index (χ4n) is 3.15. The lowest BCUT2D eigenvalue weighted by Gasteiger charge is -2.31. The summed E-state index contributed by atoms with van der Waals surface area (Å²) in [6, 6.07) is 6.53. The number of nitrogens with two attached hydrogens (primary N) is 1. The van der Waals surface area contributed by atoms with E-state index in [1.165, 1.54) is 17.7 Å². The Morgan fingerprint density at radius 3 is 3.17 bits per heavy atom. The number of hydrogen-bond donors (Lipinski definition) is 2. The first-order valence-electron chi connectivity index (χ1n) is 8.51. The van der Waals surface area contributed by atoms with Crippen LogP contribution in [-0.4, -0.2) is 37.3 Å². The fourth-order valence-corrected chi connectivity index (χ4v) is 3.98. The Morgan fingerprint density at radius 2 is 2.39 bits per heavy atom. The number of allylic oxidation sites excluding steroid dienone is 1. The maximum atomic E-state index is 6.17. The summed E-state index contributed by atoms with van der Waals surface area (Å²) in [5.41, 5.74) is 9.92. The number of likely N-dealkylation sites (N-methyl/N-ethyl adjacent to an activating group) is 1. The number of aliphatic imine (C=N–C) groups is 1. The van der Waals surface area contributed by atoms with Gasteiger partial charge < -0.3 is 16.0 Å². The van der Waals surface area contributed by atoms with Crippen molar-refractivity contribution in [2.45, 2.75) is 31.4 Å². The Bertz CT molecular complexity index is 589. The number of rotatable bonds is 6. The molecule has 2 aliphatic rings. The summed E-state index contributed by atoms with van der Waals surface area (Å²) in [6.45, 7) is 6.43. The van der Waals surface area contributed by atoms with Crippen LogP contribution in [0.3, 0.4) is 0 Å². The third-order valence-electron chi connectivity index (χ3n) is 4.36. The third-order valence-corrected chi connectivity index (χ3v) is 5.48. The van der Waals surface area contributed by atoms with Crippen molar-refractivity contribution < 1.29 is 0 Å². The molecule has 3 rings (SSSR count). The molecule has 23 heavy (non-hydrogen) atoms. The molecule has 0 spiro atoms. The predicted octanol–water partition coefficient (Wildman–Crippen LogP) is 3.06. The minimum Gasteiger partial charge on any atom is -0.386 e. The number of anilines is 1. The molecule has 1 unspecified atom stereocenters. The largest absolute Gasteiger partial charge is 0.386 e. The Morgan fingerprint density at radius 1 is 1.48 bits per heavy atom. The van der Waals surface area contributed by atoms with Gasteiger partial charge in [0.05, 0.1) is 10.9 Å². The zero-order valence-electron chi connectivity index (χ0n) is 13.8. The molecule has 0 saturated carbocycles. The number of benzene rings is 1. The molecule has 2 heterocycles. The molecule has 1 aromatic rings. The SMILES string of the molecule is CCNCCN1CCCc2cc(N=C(N)C3CC=CS3)ccc21. The molecular formula is C18H26N4S. The van der Waals surface area contributed by atoms with E-state index in [9.17, 15) is 0 Å². The summed E-state index contributed by atoms with van der Waals surface area (Å²) in [4.78, 5) is 7.13. The van der Waals surface area contributed by atoms with Crippen molar-refractivity contribution in [3.8, 4) is 0 Å². The van der Waals surface area contributed by atoms with Gasteiger partial charge in [-0.2, -0.15) is 0 Å². The van der Waals surface area contributed by atoms with Crippen molar-refractivity contribution in [1.29, 1.82) is 0 Å². The highest BCUT2D eigenvalue weighted by Crippen LogP contribution is 2.31. The topological polar surface area (TPSA) is 53.6 Å². The van der Waals surface area contributed by atoms with Crippen LogP contribution in [0.2, 0.25) is 0 Å². The maximum Gasteiger partial charge on any atom is 0.113 e. The summed E-state index contributed by atoms with van der Waals surface area (Å²) in [6.07, 6.45) is 5.50. The van der Waals surface area contributed by atoms with Crippen molar-refractivity contribution in [3.05, 3.63) is 35.2 Å². The highest BCUT2D eigenvalue weighted by Gasteiger charge is 2.18. The molecule has 124 valence electrons. The predicted molar refractivity (Wildman–Crippen MR) is 102 cm³/mol. The van der Waals surface area contributed by atoms with Gasteiger partial charge in [0, 0.05) is 25.3 Å². The molecule has 0 aliphatic carbocycles. The van der Waals surface area contributed by atoms with Crippen LogP contribution in [0, 0.1) is 0 Å². The summed E-state index contributed by atoms with van der Waals surface area (Å²) in [5, 5.41) is 5.83. The van der Waals surface area contributed by atoms with Crippen LogP contribution in [-0.2, 0) is 6.42 Å². The van der Waals surface area contributed by atoms with Gasteiger partial charge in [0.25, 0.3) is 0 Å². The molecule has 4 nitrogen and oxygen atoms in total. The highest BCUT2D eigenvalue weighted by molar-refractivity contribution is 8.03. The highest BCUT2D eigenvalue weighted by atomic mass is 32.2. The summed E-state index contributed by atoms with van der Waals surface area (Å²) < 4.78 is 0. The van der Waals surface area contributed by atoms with Crippen LogP contribution in [0.5, 0.6) is 0 Å². The second-order valence-corrected chi connectivity index (χ2v) is 7.14. The zero-order valence-corrected chi connectivity index (χ0v) is 14.6. The van der Waals surface area contributed by atoms with Gasteiger partial charge in [0.15, 0.2) is 0 Å². The molecule has 1 aromatic carbocycles. The molecule has 0 bridgehead atoms. The van der Waals surface area contributed by atoms with E-state index in [-0.39, 0.29) is 0 Å². The average molecular weight is 331 g/mol. The van der Waals surface area contributed by atoms with Gasteiger partial charge in [-0.1, -0.05) is 13.0 Å². The molecule has 0 amide bonds. The summed E-state index contributed by atoms with van der Waals surface area (Å²) >= 11 is 1.76. The minimum absolute atomic E-state index is 0.308. The summed E-state index contributed by atoms with van der Waals surface area (Å²) in [7, 11) is 0. The average Bonchev–Trinajstić information content (AvgIpc) is 3.09. The van der Waals surface area contributed by atoms with Gasteiger partial charge in [0.1, 0.15) is 5.84 Å². The second-order valence-electron chi connectivity index (χ2n) is 6.03. The lowest BCUT2D eigenvalue weighted by Crippen LogP contribution is -2.35. The Hall–Kier alpha value is -1.46. The molecule has 0 fully saturated rings. The Kier molecular flexibility index (Phi) is 5.62. The number of nitrogens with one attached hydrogen (secondary N) is 1. The molecular weight excluding hydrogens is 304 g/mol. The van der Waals surface area contributed by atoms with Gasteiger partial charge in [-0.15, -0.1) is 11.8 Å². The number of hydrogen-bond acceptors (Lipinski definition) is 4. The van der Waals surface area contributed by atoms with E-state index in [0.29, 0.717) is 5.25 Å². The van der Waals surface area contributed by atoms with Crippen LogP contribution in [0.1, 0.15) is 25.3 Å². The van der Waals surface area contributed by atoms with E-state index < -0.39 is 0 Å². The van der Waals surface area contributed by atoms with E-state index in [1.807, 2.05) is 0 Å². The number of nitrogens with zero attached hydrogens (tertiary/aromatic N) is 2. The van der Waals surface area contributed by atoms with Crippen molar-refractivity contribution >= 4 is 29.0 Å². The first-order valence-corrected chi connectivity index (χ1v) is 9.45. The minimum atomic E-state index is 0.308. The van der Waals surface area contributed by atoms with Gasteiger partial charge in [0.2, 0.25) is 0 Å². The van der Waals surface area contributed by atoms with Crippen LogP contribution in [0.25, 0.3) is 0 Å². The van der Waals surface area contributed by atoms with Crippen LogP contribution < -0.4 is 16.0 Å². The second kappa shape index (κ2) is 7.88. The lowest BCUT2D eigenvalue weighted by atomic mass is 10.0. The number of aryl methyl sites for hydroxylation is 1. The molecule has 0 aromatic heterocycles. The van der Waals surface area contributed by atoms with Crippen molar-refractivity contribution in [2.24, 2.45) is 10.7 Å². The monoisotopic (exact) mass is 330 g/mol. The van der Waals surface area contributed by atoms with Crippen molar-refractivity contribution in [2.75, 3.05) is 31.1 Å². The van der Waals surface area contributed by atoms with Crippen LogP contribution in [0.4, 0.5) is 11.4 Å². The summed E-state index contributed by atoms with van der Waals surface area (Å²) in [5.74, 6) is 0.736. The van der Waals surface area contributed by atoms with E-state index in [4.69, 9.17) is 5.73 Å². The van der Waals surface area contributed by atoms with E-state index in [2.05, 4.69) is 51.8 Å². The molecule has 5 heteroatoms. The molecule has 3 N–H and O–H groups in total. The lowest BCUT2D eigenvalue weighted by molar-refractivity contribution is 0.643. The maximum absolute atomic E-state index is 6.17. The smallest absolute Gasteiger partial charge is 0.113 e. The number of amidine groups is 1. The van der Waals surface area contributed by atoms with Gasteiger partial charge in [-0.3, -0.25) is 0 Å². The van der Waals surface area contributed by atoms with Gasteiger partial charge >= 0.3 is 0 Å². The fraction of sp³-hybridized carbons (Fsp3) is 0.500. The Labute approximate surface area is 143 Å². The van der Waals surface area contributed by atoms with Crippen molar-refractivity contribution in [3.63, 3.8) is 0 Å². The first-order chi connectivity index (χ1) is 11.3. The normalized spacial score (nSPS) is 20.8. The standard InChI is InChI=1S/C18H26N4S/c1-2-20-9-11-22-10-3-5-14-13-15(7-8-16(14)22)21-18(19)17-6-4-12-23-17/h4,7-8,12-13,17,20H,2-3,5-6,9-11H2,1H3,(H2,19,21). The van der Waals surface area contributed by atoms with Crippen LogP contribution in [0.15, 0.2) is 34.7 Å². The molecule has 1 atom stereocenters. The van der Waals surface area contributed by atoms with E-state index in [1.54, 1.807) is 11.8 Å². The quantitative estimate of drug-likeness (QED) is 0.478. The molecule has 2 aliphatic heterocycles. The van der Waals surface area contributed by atoms with E-state index >= 15 is 0 Å². The first kappa shape index (κ1) is 16.4. The van der Waals surface area contributed by atoms with Crippen molar-refractivity contribution in [1.82, 2.24) is 5.32 Å². The Balaban J connectivity index is 1.72. The zero-order chi connectivity index (χ0) is 16.1. The molecule has 0 saturated heterocycles. The van der Waals surface area contributed by atoms with Gasteiger partial charge in [-0.05, 0) is 55.0 Å². The third kappa shape index (κ3) is 4.09. The molecule has 0 radical (unpaired) electrons. The van der Waals surface area contributed by atoms with Crippen LogP contribution >= 0.6 is 11.8 Å². The van der Waals surface area contributed by atoms with Gasteiger partial charge in [-0.25, -0.2) is 4.99 Å². The number of fused-ring (bicyclic) bond motifs is 1.